The zero-order valence-corrected chi connectivity index (χ0v) is 13.2. The van der Waals surface area contributed by atoms with Gasteiger partial charge in [0.1, 0.15) is 0 Å². The molecule has 6 heteroatoms. The maximum absolute atomic E-state index is 11.9. The molecule has 1 aromatic carbocycles. The number of amides is 3. The zero-order chi connectivity index (χ0) is 14.7. The summed E-state index contributed by atoms with van der Waals surface area (Å²) < 4.78 is 1.08. The van der Waals surface area contributed by atoms with Crippen molar-refractivity contribution in [3.8, 4) is 0 Å². The minimum atomic E-state index is -0.474. The smallest absolute Gasteiger partial charge is 0.321 e. The van der Waals surface area contributed by atoms with Gasteiger partial charge in [0, 0.05) is 23.8 Å². The Bertz CT molecular complexity index is 545. The van der Waals surface area contributed by atoms with E-state index in [0.29, 0.717) is 0 Å². The number of rotatable bonds is 2. The van der Waals surface area contributed by atoms with Crippen LogP contribution in [0.2, 0.25) is 0 Å². The van der Waals surface area contributed by atoms with Gasteiger partial charge >= 0.3 is 6.03 Å². The third kappa shape index (κ3) is 3.12. The summed E-state index contributed by atoms with van der Waals surface area (Å²) in [6.45, 7) is 3.06. The number of halogens is 1. The maximum Gasteiger partial charge on any atom is 0.321 e. The van der Waals surface area contributed by atoms with Crippen LogP contribution < -0.4 is 15.5 Å². The molecule has 0 radical (unpaired) electrons. The van der Waals surface area contributed by atoms with Gasteiger partial charge in [-0.3, -0.25) is 10.1 Å². The lowest BCUT2D eigenvalue weighted by molar-refractivity contribution is -0.118. The minimum Gasteiger partial charge on any atom is -0.362 e. The highest BCUT2D eigenvalue weighted by atomic mass is 79.9. The SMILES string of the molecule is CNC(=O)NC(=O)CN1CCCc2c(Br)ccc(C)c21. The van der Waals surface area contributed by atoms with Gasteiger partial charge in [-0.25, -0.2) is 4.79 Å². The minimum absolute atomic E-state index is 0.192. The number of aryl methyl sites for hydroxylation is 1. The molecule has 0 atom stereocenters. The topological polar surface area (TPSA) is 61.4 Å². The normalized spacial score (nSPS) is 13.7. The van der Waals surface area contributed by atoms with Crippen LogP contribution >= 0.6 is 15.9 Å². The van der Waals surface area contributed by atoms with Crippen LogP contribution in [0.15, 0.2) is 16.6 Å². The molecule has 2 rings (SSSR count). The molecule has 0 saturated carbocycles. The Labute approximate surface area is 126 Å². The summed E-state index contributed by atoms with van der Waals surface area (Å²) in [5, 5.41) is 4.68. The van der Waals surface area contributed by atoms with Gasteiger partial charge in [-0.15, -0.1) is 0 Å². The number of carbonyl (C=O) groups is 2. The van der Waals surface area contributed by atoms with E-state index in [4.69, 9.17) is 0 Å². The molecule has 5 nitrogen and oxygen atoms in total. The fourth-order valence-corrected chi connectivity index (χ4v) is 3.04. The van der Waals surface area contributed by atoms with Crippen molar-refractivity contribution >= 4 is 33.6 Å². The van der Waals surface area contributed by atoms with E-state index in [1.807, 2.05) is 24.0 Å². The van der Waals surface area contributed by atoms with Crippen LogP contribution in [0.25, 0.3) is 0 Å². The molecule has 108 valence electrons. The highest BCUT2D eigenvalue weighted by Crippen LogP contribution is 2.35. The first-order valence-corrected chi connectivity index (χ1v) is 7.36. The lowest BCUT2D eigenvalue weighted by Gasteiger charge is -2.32. The Balaban J connectivity index is 2.18. The summed E-state index contributed by atoms with van der Waals surface area (Å²) in [5.41, 5.74) is 3.50. The molecule has 1 aliphatic rings. The average Bonchev–Trinajstić information content (AvgIpc) is 2.42. The number of carbonyl (C=O) groups excluding carboxylic acids is 2. The van der Waals surface area contributed by atoms with Gasteiger partial charge in [-0.2, -0.15) is 0 Å². The summed E-state index contributed by atoms with van der Waals surface area (Å²) in [4.78, 5) is 25.1. The highest BCUT2D eigenvalue weighted by molar-refractivity contribution is 9.10. The van der Waals surface area contributed by atoms with E-state index in [9.17, 15) is 9.59 Å². The number of hydrogen-bond donors (Lipinski definition) is 2. The number of anilines is 1. The molecular weight excluding hydrogens is 322 g/mol. The van der Waals surface area contributed by atoms with E-state index in [1.54, 1.807) is 0 Å². The molecule has 2 N–H and O–H groups in total. The van der Waals surface area contributed by atoms with Crippen LogP contribution in [0.4, 0.5) is 10.5 Å². The van der Waals surface area contributed by atoms with E-state index in [0.717, 1.165) is 35.1 Å². The van der Waals surface area contributed by atoms with Crippen LogP contribution in [-0.2, 0) is 11.2 Å². The fraction of sp³-hybridized carbons (Fsp3) is 0.429. The van der Waals surface area contributed by atoms with Gasteiger partial charge in [-0.05, 0) is 37.0 Å². The van der Waals surface area contributed by atoms with E-state index in [-0.39, 0.29) is 12.5 Å². The summed E-state index contributed by atoms with van der Waals surface area (Å²) in [5.74, 6) is -0.295. The molecular formula is C14H18BrN3O2. The predicted octanol–water partition coefficient (Wildman–Crippen LogP) is 1.97. The molecule has 0 unspecified atom stereocenters. The Hall–Kier alpha value is -1.56. The molecule has 3 amide bonds. The number of imide groups is 1. The van der Waals surface area contributed by atoms with Gasteiger partial charge < -0.3 is 10.2 Å². The van der Waals surface area contributed by atoms with Crippen molar-refractivity contribution in [3.63, 3.8) is 0 Å². The highest BCUT2D eigenvalue weighted by Gasteiger charge is 2.23. The van der Waals surface area contributed by atoms with E-state index in [1.165, 1.54) is 12.6 Å². The number of fused-ring (bicyclic) bond motifs is 1. The van der Waals surface area contributed by atoms with Gasteiger partial charge in [0.2, 0.25) is 5.91 Å². The molecule has 20 heavy (non-hydrogen) atoms. The third-order valence-electron chi connectivity index (χ3n) is 3.41. The molecule has 1 heterocycles. The van der Waals surface area contributed by atoms with Gasteiger partial charge in [0.15, 0.2) is 0 Å². The van der Waals surface area contributed by atoms with Crippen molar-refractivity contribution in [1.82, 2.24) is 10.6 Å². The van der Waals surface area contributed by atoms with Gasteiger partial charge in [0.05, 0.1) is 6.54 Å². The lowest BCUT2D eigenvalue weighted by Crippen LogP contribution is -2.45. The molecule has 0 spiro atoms. The van der Waals surface area contributed by atoms with Crippen molar-refractivity contribution in [1.29, 1.82) is 0 Å². The van der Waals surface area contributed by atoms with E-state index < -0.39 is 6.03 Å². The van der Waals surface area contributed by atoms with Crippen LogP contribution in [0.3, 0.4) is 0 Å². The fourth-order valence-electron chi connectivity index (χ4n) is 2.53. The molecule has 0 aromatic heterocycles. The first-order chi connectivity index (χ1) is 9.52. The van der Waals surface area contributed by atoms with Crippen LogP contribution in [0.5, 0.6) is 0 Å². The Morgan fingerprint density at radius 3 is 2.85 bits per heavy atom. The Kier molecular flexibility index (Phi) is 4.65. The molecule has 0 saturated heterocycles. The van der Waals surface area contributed by atoms with Gasteiger partial charge in [0.25, 0.3) is 0 Å². The Morgan fingerprint density at radius 1 is 1.40 bits per heavy atom. The number of hydrogen-bond acceptors (Lipinski definition) is 3. The number of nitrogens with one attached hydrogen (secondary N) is 2. The third-order valence-corrected chi connectivity index (χ3v) is 4.16. The van der Waals surface area contributed by atoms with Crippen molar-refractivity contribution in [2.45, 2.75) is 19.8 Å². The molecule has 0 aliphatic carbocycles. The predicted molar refractivity (Wildman–Crippen MR) is 82.0 cm³/mol. The van der Waals surface area contributed by atoms with Crippen LogP contribution in [-0.4, -0.2) is 32.1 Å². The summed E-state index contributed by atoms with van der Waals surface area (Å²) in [6, 6.07) is 3.61. The largest absolute Gasteiger partial charge is 0.362 e. The van der Waals surface area contributed by atoms with Crippen molar-refractivity contribution in [2.75, 3.05) is 25.0 Å². The lowest BCUT2D eigenvalue weighted by atomic mass is 9.98. The average molecular weight is 340 g/mol. The second kappa shape index (κ2) is 6.26. The standard InChI is InChI=1S/C14H18BrN3O2/c1-9-5-6-11(15)10-4-3-7-18(13(9)10)8-12(19)17-14(20)16-2/h5-6H,3-4,7-8H2,1-2H3,(H2,16,17,19,20). The first-order valence-electron chi connectivity index (χ1n) is 6.57. The molecule has 0 bridgehead atoms. The maximum atomic E-state index is 11.9. The number of nitrogens with zero attached hydrogens (tertiary/aromatic N) is 1. The molecule has 1 aromatic rings. The van der Waals surface area contributed by atoms with Crippen LogP contribution in [0, 0.1) is 6.92 Å². The summed E-state index contributed by atoms with van der Waals surface area (Å²) >= 11 is 3.57. The van der Waals surface area contributed by atoms with E-state index in [2.05, 4.69) is 26.6 Å². The first kappa shape index (κ1) is 14.8. The summed E-state index contributed by atoms with van der Waals surface area (Å²) in [6.07, 6.45) is 2.01. The van der Waals surface area contributed by atoms with Crippen molar-refractivity contribution in [3.05, 3.63) is 27.7 Å². The van der Waals surface area contributed by atoms with E-state index >= 15 is 0 Å². The zero-order valence-electron chi connectivity index (χ0n) is 11.6. The van der Waals surface area contributed by atoms with Crippen LogP contribution in [0.1, 0.15) is 17.5 Å². The Morgan fingerprint density at radius 2 is 2.15 bits per heavy atom. The van der Waals surface area contributed by atoms with Gasteiger partial charge in [-0.1, -0.05) is 22.0 Å². The monoisotopic (exact) mass is 339 g/mol. The number of benzene rings is 1. The quantitative estimate of drug-likeness (QED) is 0.865. The van der Waals surface area contributed by atoms with Crippen molar-refractivity contribution < 1.29 is 9.59 Å². The van der Waals surface area contributed by atoms with Crippen molar-refractivity contribution in [2.24, 2.45) is 0 Å². The second-order valence-electron chi connectivity index (χ2n) is 4.84. The summed E-state index contributed by atoms with van der Waals surface area (Å²) in [7, 11) is 1.49. The molecule has 1 aliphatic heterocycles. The second-order valence-corrected chi connectivity index (χ2v) is 5.70. The number of urea groups is 1. The molecule has 0 fully saturated rings.